The van der Waals surface area contributed by atoms with Gasteiger partial charge in [0.2, 0.25) is 0 Å². The molecule has 1 atom stereocenters. The average Bonchev–Trinajstić information content (AvgIpc) is 2.87. The topological polar surface area (TPSA) is 79.5 Å². The van der Waals surface area contributed by atoms with Crippen LogP contribution in [0.2, 0.25) is 0 Å². The van der Waals surface area contributed by atoms with Crippen LogP contribution in [0.3, 0.4) is 0 Å². The van der Waals surface area contributed by atoms with Gasteiger partial charge in [-0.3, -0.25) is 0 Å². The maximum absolute atomic E-state index is 10.6. The fourth-order valence-corrected chi connectivity index (χ4v) is 1.24. The molecule has 13 heavy (non-hydrogen) atoms. The van der Waals surface area contributed by atoms with E-state index >= 15 is 0 Å². The Morgan fingerprint density at radius 1 is 1.54 bits per heavy atom. The van der Waals surface area contributed by atoms with Crippen molar-refractivity contribution >= 4 is 5.97 Å². The van der Waals surface area contributed by atoms with Crippen molar-refractivity contribution in [2.75, 3.05) is 6.54 Å². The maximum atomic E-state index is 10.6. The molecule has 2 rings (SSSR count). The van der Waals surface area contributed by atoms with Gasteiger partial charge in [-0.1, -0.05) is 6.07 Å². The number of carbonyl (C=O) groups is 1. The minimum atomic E-state index is -1.10. The lowest BCUT2D eigenvalue weighted by Gasteiger charge is -2.01. The second-order valence-electron chi connectivity index (χ2n) is 3.04. The molecule has 4 nitrogen and oxygen atoms in total. The number of rotatable bonds is 2. The van der Waals surface area contributed by atoms with E-state index in [1.54, 1.807) is 6.07 Å². The van der Waals surface area contributed by atoms with Crippen molar-refractivity contribution in [3.63, 3.8) is 0 Å². The third-order valence-electron chi connectivity index (χ3n) is 2.06. The van der Waals surface area contributed by atoms with E-state index in [0.717, 1.165) is 12.1 Å². The third kappa shape index (κ3) is 1.48. The first-order chi connectivity index (χ1) is 6.18. The lowest BCUT2D eigenvalue weighted by atomic mass is 10.1. The van der Waals surface area contributed by atoms with E-state index in [4.69, 9.17) is 5.11 Å². The molecule has 1 heterocycles. The number of aromatic hydroxyl groups is 1. The van der Waals surface area contributed by atoms with Crippen molar-refractivity contribution in [1.82, 2.24) is 5.32 Å². The summed E-state index contributed by atoms with van der Waals surface area (Å²) >= 11 is 0. The second-order valence-corrected chi connectivity index (χ2v) is 3.04. The van der Waals surface area contributed by atoms with Gasteiger partial charge in [-0.15, -0.1) is 0 Å². The highest BCUT2D eigenvalue weighted by Gasteiger charge is 2.23. The highest BCUT2D eigenvalue weighted by Crippen LogP contribution is 2.26. The van der Waals surface area contributed by atoms with E-state index in [1.165, 1.54) is 12.1 Å². The number of hydrogen-bond acceptors (Lipinski definition) is 3. The largest absolute Gasteiger partial charge is 0.507 e. The lowest BCUT2D eigenvalue weighted by Crippen LogP contribution is -1.98. The third-order valence-corrected chi connectivity index (χ3v) is 2.06. The Balaban J connectivity index is 2.41. The summed E-state index contributed by atoms with van der Waals surface area (Å²) in [6, 6.07) is 4.91. The SMILES string of the molecule is O=C(O)c1cc([C@H]2CN2)ccc1O. The molecule has 0 saturated carbocycles. The lowest BCUT2D eigenvalue weighted by molar-refractivity contribution is 0.0693. The molecule has 0 aromatic heterocycles. The van der Waals surface area contributed by atoms with Crippen LogP contribution in [0.15, 0.2) is 18.2 Å². The van der Waals surface area contributed by atoms with Crippen LogP contribution in [0.5, 0.6) is 5.75 Å². The van der Waals surface area contributed by atoms with Crippen LogP contribution in [0.4, 0.5) is 0 Å². The molecular formula is C9H9NO3. The molecule has 68 valence electrons. The molecule has 1 fully saturated rings. The van der Waals surface area contributed by atoms with Crippen molar-refractivity contribution in [3.8, 4) is 5.75 Å². The first-order valence-corrected chi connectivity index (χ1v) is 3.98. The first-order valence-electron chi connectivity index (χ1n) is 3.98. The molecule has 1 aromatic rings. The van der Waals surface area contributed by atoms with Crippen LogP contribution in [0.1, 0.15) is 22.0 Å². The number of carboxylic acid groups (broad SMARTS) is 1. The highest BCUT2D eigenvalue weighted by molar-refractivity contribution is 5.91. The molecule has 0 unspecified atom stereocenters. The summed E-state index contributed by atoms with van der Waals surface area (Å²) in [4.78, 5) is 10.6. The summed E-state index contributed by atoms with van der Waals surface area (Å²) in [5.74, 6) is -1.28. The molecule has 1 aromatic carbocycles. The second kappa shape index (κ2) is 2.74. The summed E-state index contributed by atoms with van der Waals surface area (Å²) in [6.45, 7) is 0.879. The van der Waals surface area contributed by atoms with Gasteiger partial charge in [-0.2, -0.15) is 0 Å². The maximum Gasteiger partial charge on any atom is 0.339 e. The predicted molar refractivity (Wildman–Crippen MR) is 45.8 cm³/mol. The zero-order chi connectivity index (χ0) is 9.42. The summed E-state index contributed by atoms with van der Waals surface area (Å²) in [7, 11) is 0. The molecular weight excluding hydrogens is 170 g/mol. The Bertz CT molecular complexity index is 358. The molecule has 1 aliphatic heterocycles. The van der Waals surface area contributed by atoms with Crippen LogP contribution in [0, 0.1) is 0 Å². The van der Waals surface area contributed by atoms with Gasteiger partial charge in [0.1, 0.15) is 11.3 Å². The van der Waals surface area contributed by atoms with Crippen LogP contribution in [-0.2, 0) is 0 Å². The van der Waals surface area contributed by atoms with Gasteiger partial charge in [0.25, 0.3) is 0 Å². The van der Waals surface area contributed by atoms with Gasteiger partial charge in [0.15, 0.2) is 0 Å². The number of carboxylic acids is 1. The highest BCUT2D eigenvalue weighted by atomic mass is 16.4. The van der Waals surface area contributed by atoms with E-state index in [-0.39, 0.29) is 17.4 Å². The van der Waals surface area contributed by atoms with E-state index in [1.807, 2.05) is 0 Å². The first kappa shape index (κ1) is 8.07. The summed E-state index contributed by atoms with van der Waals surface area (Å²) < 4.78 is 0. The Morgan fingerprint density at radius 3 is 2.77 bits per heavy atom. The molecule has 1 saturated heterocycles. The Hall–Kier alpha value is -1.55. The zero-order valence-corrected chi connectivity index (χ0v) is 6.82. The number of benzene rings is 1. The molecule has 0 amide bonds. The Morgan fingerprint density at radius 2 is 2.23 bits per heavy atom. The fourth-order valence-electron chi connectivity index (χ4n) is 1.24. The zero-order valence-electron chi connectivity index (χ0n) is 6.82. The summed E-state index contributed by atoms with van der Waals surface area (Å²) in [5, 5.41) is 21.0. The van der Waals surface area contributed by atoms with Crippen molar-refractivity contribution in [3.05, 3.63) is 29.3 Å². The normalized spacial score (nSPS) is 19.8. The standard InChI is InChI=1S/C9H9NO3/c11-8-2-1-5(7-4-10-7)3-6(8)9(12)13/h1-3,7,10-11H,4H2,(H,12,13)/t7-/m1/s1. The van der Waals surface area contributed by atoms with Gasteiger partial charge in [-0.05, 0) is 17.7 Å². The molecule has 3 N–H and O–H groups in total. The minimum absolute atomic E-state index is 0.0359. The summed E-state index contributed by atoms with van der Waals surface area (Å²) in [6.07, 6.45) is 0. The minimum Gasteiger partial charge on any atom is -0.507 e. The molecule has 0 aliphatic carbocycles. The van der Waals surface area contributed by atoms with Crippen molar-refractivity contribution < 1.29 is 15.0 Å². The number of nitrogens with one attached hydrogen (secondary N) is 1. The molecule has 0 bridgehead atoms. The van der Waals surface area contributed by atoms with E-state index in [0.29, 0.717) is 0 Å². The van der Waals surface area contributed by atoms with E-state index < -0.39 is 5.97 Å². The molecule has 0 radical (unpaired) electrons. The Labute approximate surface area is 74.8 Å². The van der Waals surface area contributed by atoms with Crippen LogP contribution >= 0.6 is 0 Å². The number of phenols is 1. The van der Waals surface area contributed by atoms with Gasteiger partial charge < -0.3 is 15.5 Å². The Kier molecular flexibility index (Phi) is 1.70. The van der Waals surface area contributed by atoms with Gasteiger partial charge >= 0.3 is 5.97 Å². The van der Waals surface area contributed by atoms with Crippen LogP contribution in [0.25, 0.3) is 0 Å². The molecule has 0 spiro atoms. The number of hydrogen-bond donors (Lipinski definition) is 3. The van der Waals surface area contributed by atoms with Crippen molar-refractivity contribution in [2.24, 2.45) is 0 Å². The summed E-state index contributed by atoms with van der Waals surface area (Å²) in [5.41, 5.74) is 0.876. The monoisotopic (exact) mass is 179 g/mol. The fraction of sp³-hybridized carbons (Fsp3) is 0.222. The van der Waals surface area contributed by atoms with Crippen molar-refractivity contribution in [2.45, 2.75) is 6.04 Å². The smallest absolute Gasteiger partial charge is 0.339 e. The van der Waals surface area contributed by atoms with E-state index in [9.17, 15) is 9.90 Å². The van der Waals surface area contributed by atoms with E-state index in [2.05, 4.69) is 5.32 Å². The molecule has 1 aliphatic rings. The average molecular weight is 179 g/mol. The van der Waals surface area contributed by atoms with Crippen LogP contribution in [-0.4, -0.2) is 22.7 Å². The molecule has 4 heteroatoms. The quantitative estimate of drug-likeness (QED) is 0.585. The van der Waals surface area contributed by atoms with Gasteiger partial charge in [-0.25, -0.2) is 4.79 Å². The van der Waals surface area contributed by atoms with Gasteiger partial charge in [0, 0.05) is 12.6 Å². The predicted octanol–water partition coefficient (Wildman–Crippen LogP) is 0.735. The van der Waals surface area contributed by atoms with Crippen LogP contribution < -0.4 is 5.32 Å². The number of aromatic carboxylic acids is 1. The van der Waals surface area contributed by atoms with Crippen molar-refractivity contribution in [1.29, 1.82) is 0 Å². The van der Waals surface area contributed by atoms with Gasteiger partial charge in [0.05, 0.1) is 0 Å².